The van der Waals surface area contributed by atoms with Gasteiger partial charge >= 0.3 is 0 Å². The van der Waals surface area contributed by atoms with Gasteiger partial charge in [0.15, 0.2) is 5.84 Å². The van der Waals surface area contributed by atoms with Crippen molar-refractivity contribution in [3.63, 3.8) is 0 Å². The van der Waals surface area contributed by atoms with Crippen LogP contribution in [0, 0.1) is 5.41 Å². The lowest BCUT2D eigenvalue weighted by atomic mass is 9.98. The first-order chi connectivity index (χ1) is 20.0. The van der Waals surface area contributed by atoms with E-state index in [-0.39, 0.29) is 11.4 Å². The molecule has 41 heavy (non-hydrogen) atoms. The maximum absolute atomic E-state index is 13.1. The zero-order valence-corrected chi connectivity index (χ0v) is 25.0. The van der Waals surface area contributed by atoms with Gasteiger partial charge in [-0.3, -0.25) is 10.2 Å². The molecule has 5 rings (SSSR count). The molecule has 0 radical (unpaired) electrons. The predicted molar refractivity (Wildman–Crippen MR) is 171 cm³/mol. The van der Waals surface area contributed by atoms with Gasteiger partial charge in [-0.1, -0.05) is 82.9 Å². The van der Waals surface area contributed by atoms with Gasteiger partial charge in [-0.05, 0) is 60.7 Å². The number of hydrogen-bond acceptors (Lipinski definition) is 5. The SMILES string of the molecule is CCCCCCCC1=NN2C(=N)/C(=C/c3cn(CCOc4ccccc4[C@@H](C)CC)c4ccccc34)C(=O)N=C2S1. The normalized spacial score (nSPS) is 16.8. The maximum atomic E-state index is 13.1. The van der Waals surface area contributed by atoms with Gasteiger partial charge in [-0.25, -0.2) is 0 Å². The second kappa shape index (κ2) is 13.3. The number of nitrogens with zero attached hydrogens (tertiary/aromatic N) is 4. The van der Waals surface area contributed by atoms with Gasteiger partial charge in [0, 0.05) is 22.7 Å². The molecule has 0 spiro atoms. The van der Waals surface area contributed by atoms with E-state index in [1.165, 1.54) is 48.0 Å². The highest BCUT2D eigenvalue weighted by Gasteiger charge is 2.35. The van der Waals surface area contributed by atoms with Crippen LogP contribution >= 0.6 is 11.8 Å². The summed E-state index contributed by atoms with van der Waals surface area (Å²) in [6.07, 6.45) is 11.6. The number of benzene rings is 2. The molecule has 0 saturated heterocycles. The Hall–Kier alpha value is -3.65. The Morgan fingerprint density at radius 2 is 1.83 bits per heavy atom. The van der Waals surface area contributed by atoms with Gasteiger partial charge in [-0.2, -0.15) is 15.1 Å². The number of hydrogen-bond donors (Lipinski definition) is 1. The van der Waals surface area contributed by atoms with Crippen LogP contribution in [0.1, 0.15) is 82.8 Å². The van der Waals surface area contributed by atoms with Crippen molar-refractivity contribution in [2.45, 2.75) is 78.2 Å². The summed E-state index contributed by atoms with van der Waals surface area (Å²) in [6, 6.07) is 16.4. The highest BCUT2D eigenvalue weighted by Crippen LogP contribution is 2.32. The fourth-order valence-electron chi connectivity index (χ4n) is 5.24. The van der Waals surface area contributed by atoms with Crippen LogP contribution < -0.4 is 4.74 Å². The number of fused-ring (bicyclic) bond motifs is 2. The summed E-state index contributed by atoms with van der Waals surface area (Å²) in [6.45, 7) is 7.80. The minimum atomic E-state index is -0.394. The van der Waals surface area contributed by atoms with Crippen LogP contribution in [0.15, 0.2) is 70.4 Å². The van der Waals surface area contributed by atoms with Crippen LogP contribution in [0.3, 0.4) is 0 Å². The number of amidine groups is 2. The van der Waals surface area contributed by atoms with Crippen molar-refractivity contribution in [1.29, 1.82) is 5.41 Å². The van der Waals surface area contributed by atoms with Crippen molar-refractivity contribution in [2.75, 3.05) is 6.61 Å². The quantitative estimate of drug-likeness (QED) is 0.166. The Morgan fingerprint density at radius 1 is 1.05 bits per heavy atom. The molecule has 2 aromatic carbocycles. The average Bonchev–Trinajstić information content (AvgIpc) is 3.56. The molecule has 0 unspecified atom stereocenters. The number of aliphatic imine (C=N–C) groups is 1. The summed E-state index contributed by atoms with van der Waals surface area (Å²) in [5.41, 5.74) is 3.41. The maximum Gasteiger partial charge on any atom is 0.283 e. The number of aromatic nitrogens is 1. The van der Waals surface area contributed by atoms with E-state index in [0.717, 1.165) is 46.5 Å². The summed E-state index contributed by atoms with van der Waals surface area (Å²) in [5, 5.41) is 17.4. The number of carbonyl (C=O) groups excluding carboxylic acids is 1. The van der Waals surface area contributed by atoms with Crippen molar-refractivity contribution in [3.05, 3.63) is 71.4 Å². The van der Waals surface area contributed by atoms with E-state index in [2.05, 4.69) is 53.6 Å². The number of nitrogens with one attached hydrogen (secondary N) is 1. The largest absolute Gasteiger partial charge is 0.491 e. The monoisotopic (exact) mass is 569 g/mol. The topological polar surface area (TPSA) is 83.0 Å². The van der Waals surface area contributed by atoms with Gasteiger partial charge in [0.05, 0.1) is 12.1 Å². The fourth-order valence-corrected chi connectivity index (χ4v) is 6.16. The Balaban J connectivity index is 1.32. The van der Waals surface area contributed by atoms with Crippen molar-refractivity contribution >= 4 is 50.7 Å². The van der Waals surface area contributed by atoms with Crippen LogP contribution in [-0.2, 0) is 11.3 Å². The highest BCUT2D eigenvalue weighted by atomic mass is 32.2. The lowest BCUT2D eigenvalue weighted by Crippen LogP contribution is -2.35. The third-order valence-corrected chi connectivity index (χ3v) is 8.73. The van der Waals surface area contributed by atoms with Crippen LogP contribution in [-0.4, -0.2) is 38.1 Å². The minimum Gasteiger partial charge on any atom is -0.491 e. The number of amides is 1. The van der Waals surface area contributed by atoms with Crippen molar-refractivity contribution < 1.29 is 9.53 Å². The van der Waals surface area contributed by atoms with Crippen molar-refractivity contribution in [2.24, 2.45) is 10.1 Å². The summed E-state index contributed by atoms with van der Waals surface area (Å²) < 4.78 is 8.40. The van der Waals surface area contributed by atoms with E-state index < -0.39 is 5.91 Å². The van der Waals surface area contributed by atoms with Gasteiger partial charge in [0.25, 0.3) is 5.91 Å². The molecule has 7 nitrogen and oxygen atoms in total. The lowest BCUT2D eigenvalue weighted by Gasteiger charge is -2.20. The summed E-state index contributed by atoms with van der Waals surface area (Å²) in [4.78, 5) is 17.4. The molecular formula is C33H39N5O2S. The summed E-state index contributed by atoms with van der Waals surface area (Å²) in [5.74, 6) is 1.05. The van der Waals surface area contributed by atoms with E-state index >= 15 is 0 Å². The molecule has 3 aromatic rings. The molecular weight excluding hydrogens is 530 g/mol. The molecule has 1 atom stereocenters. The molecule has 0 fully saturated rings. The molecule has 2 aliphatic heterocycles. The third-order valence-electron chi connectivity index (χ3n) is 7.76. The number of hydrazone groups is 1. The number of thioether (sulfide) groups is 1. The van der Waals surface area contributed by atoms with E-state index in [1.54, 1.807) is 6.08 Å². The zero-order chi connectivity index (χ0) is 28.8. The average molecular weight is 570 g/mol. The zero-order valence-electron chi connectivity index (χ0n) is 24.2. The van der Waals surface area contributed by atoms with Crippen LogP contribution in [0.2, 0.25) is 0 Å². The Labute approximate surface area is 246 Å². The number of unbranched alkanes of at least 4 members (excludes halogenated alkanes) is 4. The third kappa shape index (κ3) is 6.48. The first-order valence-corrected chi connectivity index (χ1v) is 15.6. The molecule has 1 N–H and O–H groups in total. The van der Waals surface area contributed by atoms with Crippen LogP contribution in [0.4, 0.5) is 0 Å². The molecule has 0 bridgehead atoms. The highest BCUT2D eigenvalue weighted by molar-refractivity contribution is 8.26. The summed E-state index contributed by atoms with van der Waals surface area (Å²) in [7, 11) is 0. The lowest BCUT2D eigenvalue weighted by molar-refractivity contribution is -0.114. The summed E-state index contributed by atoms with van der Waals surface area (Å²) >= 11 is 1.41. The first-order valence-electron chi connectivity index (χ1n) is 14.8. The molecule has 1 aromatic heterocycles. The number of carbonyl (C=O) groups is 1. The molecule has 2 aliphatic rings. The second-order valence-electron chi connectivity index (χ2n) is 10.7. The fraction of sp³-hybridized carbons (Fsp3) is 0.394. The van der Waals surface area contributed by atoms with Gasteiger partial charge in [0.2, 0.25) is 5.17 Å². The molecule has 1 amide bonds. The molecule has 0 saturated carbocycles. The van der Waals surface area contributed by atoms with Gasteiger partial charge < -0.3 is 9.30 Å². The van der Waals surface area contributed by atoms with Crippen LogP contribution in [0.5, 0.6) is 5.75 Å². The predicted octanol–water partition coefficient (Wildman–Crippen LogP) is 8.21. The smallest absolute Gasteiger partial charge is 0.283 e. The first kappa shape index (κ1) is 28.9. The van der Waals surface area contributed by atoms with E-state index in [9.17, 15) is 4.79 Å². The molecule has 0 aliphatic carbocycles. The number of ether oxygens (including phenoxy) is 1. The minimum absolute atomic E-state index is 0.0790. The second-order valence-corrected chi connectivity index (χ2v) is 11.7. The van der Waals surface area contributed by atoms with Gasteiger partial charge in [0.1, 0.15) is 17.4 Å². The molecule has 3 heterocycles. The van der Waals surface area contributed by atoms with E-state index in [1.807, 2.05) is 36.5 Å². The van der Waals surface area contributed by atoms with Crippen molar-refractivity contribution in [1.82, 2.24) is 9.58 Å². The molecule has 214 valence electrons. The van der Waals surface area contributed by atoms with Gasteiger partial charge in [-0.15, -0.1) is 0 Å². The van der Waals surface area contributed by atoms with Crippen molar-refractivity contribution in [3.8, 4) is 5.75 Å². The van der Waals surface area contributed by atoms with Crippen LogP contribution in [0.25, 0.3) is 17.0 Å². The number of rotatable bonds is 13. The van der Waals surface area contributed by atoms with E-state index in [0.29, 0.717) is 24.2 Å². The van der Waals surface area contributed by atoms with E-state index in [4.69, 9.17) is 10.1 Å². The standard InChI is InChI=1S/C33H39N5O2S/c1-4-6-7-8-9-18-30-36-38-31(34)27(32(39)35-33(38)41-30)21-24-22-37(28-16-12-10-15-26(24)28)19-20-40-29-17-13-11-14-25(29)23(3)5-2/h10-17,21-23,34H,4-9,18-20H2,1-3H3/b27-21-,34-31?/t23-/m0/s1. The Kier molecular flexibility index (Phi) is 9.39. The Bertz CT molecular complexity index is 1520. The Morgan fingerprint density at radius 3 is 2.66 bits per heavy atom. The molecule has 8 heteroatoms. The number of para-hydroxylation sites is 2.